The van der Waals surface area contributed by atoms with E-state index in [0.717, 1.165) is 5.56 Å². The fraction of sp³-hybridized carbons (Fsp3) is 0.222. The van der Waals surface area contributed by atoms with Crippen molar-refractivity contribution in [2.75, 3.05) is 7.11 Å². The number of para-hydroxylation sites is 1. The number of nitrogens with zero attached hydrogens (tertiary/aromatic N) is 2. The van der Waals surface area contributed by atoms with Crippen LogP contribution in [0.2, 0.25) is 0 Å². The van der Waals surface area contributed by atoms with Gasteiger partial charge in [-0.3, -0.25) is 0 Å². The Morgan fingerprint density at radius 3 is 2.69 bits per heavy atom. The number of hydrogen-bond acceptors (Lipinski definition) is 6. The number of benzene rings is 2. The van der Waals surface area contributed by atoms with Crippen LogP contribution in [0, 0.1) is 13.8 Å². The van der Waals surface area contributed by atoms with Gasteiger partial charge >= 0.3 is 0 Å². The lowest BCUT2D eigenvalue weighted by atomic mass is 10.2. The minimum absolute atomic E-state index is 0.0993. The molecule has 0 aliphatic heterocycles. The van der Waals surface area contributed by atoms with Gasteiger partial charge in [0, 0.05) is 0 Å². The minimum atomic E-state index is -3.68. The summed E-state index contributed by atoms with van der Waals surface area (Å²) in [5.74, 6) is 1.11. The molecule has 0 unspecified atom stereocenters. The van der Waals surface area contributed by atoms with Crippen LogP contribution in [0.15, 0.2) is 51.9 Å². The highest BCUT2D eigenvalue weighted by atomic mass is 32.2. The van der Waals surface area contributed by atoms with Crippen LogP contribution < -0.4 is 9.46 Å². The maximum atomic E-state index is 12.5. The molecular weight excluding hydrogens is 354 g/mol. The molecule has 1 aromatic heterocycles. The molecule has 0 spiro atoms. The molecule has 8 heteroatoms. The molecule has 0 radical (unpaired) electrons. The first-order valence-corrected chi connectivity index (χ1v) is 9.42. The normalized spacial score (nSPS) is 11.5. The lowest BCUT2D eigenvalue weighted by Gasteiger charge is -2.08. The SMILES string of the molecule is COc1ccccc1-c1noc(CNS(=O)(=O)c2cc(C)ccc2C)n1. The number of sulfonamides is 1. The largest absolute Gasteiger partial charge is 0.496 e. The third-order valence-corrected chi connectivity index (χ3v) is 5.41. The number of nitrogens with one attached hydrogen (secondary N) is 1. The summed E-state index contributed by atoms with van der Waals surface area (Å²) in [7, 11) is -2.13. The van der Waals surface area contributed by atoms with E-state index in [9.17, 15) is 8.42 Å². The van der Waals surface area contributed by atoms with E-state index in [4.69, 9.17) is 9.26 Å². The Balaban J connectivity index is 1.79. The number of aryl methyl sites for hydroxylation is 2. The van der Waals surface area contributed by atoms with Crippen LogP contribution in [0.5, 0.6) is 5.75 Å². The van der Waals surface area contributed by atoms with Crippen molar-refractivity contribution >= 4 is 10.0 Å². The first-order valence-electron chi connectivity index (χ1n) is 7.93. The van der Waals surface area contributed by atoms with Gasteiger partial charge in [-0.05, 0) is 43.2 Å². The van der Waals surface area contributed by atoms with Crippen molar-refractivity contribution < 1.29 is 17.7 Å². The van der Waals surface area contributed by atoms with Crippen LogP contribution in [0.25, 0.3) is 11.4 Å². The lowest BCUT2D eigenvalue weighted by Crippen LogP contribution is -2.24. The minimum Gasteiger partial charge on any atom is -0.496 e. The smallest absolute Gasteiger partial charge is 0.242 e. The molecule has 0 aliphatic carbocycles. The second-order valence-electron chi connectivity index (χ2n) is 5.81. The molecule has 1 heterocycles. The molecular formula is C18H19N3O4S. The molecule has 0 bridgehead atoms. The molecule has 0 aliphatic rings. The predicted octanol–water partition coefficient (Wildman–Crippen LogP) is 2.84. The summed E-state index contributed by atoms with van der Waals surface area (Å²) in [5.41, 5.74) is 2.21. The third kappa shape index (κ3) is 3.76. The van der Waals surface area contributed by atoms with Crippen LogP contribution in [-0.2, 0) is 16.6 Å². The van der Waals surface area contributed by atoms with Crippen molar-refractivity contribution in [1.29, 1.82) is 0 Å². The maximum Gasteiger partial charge on any atom is 0.242 e. The third-order valence-electron chi connectivity index (χ3n) is 3.86. The molecule has 0 saturated heterocycles. The van der Waals surface area contributed by atoms with Crippen molar-refractivity contribution in [3.8, 4) is 17.1 Å². The Bertz CT molecular complexity index is 1030. The number of aromatic nitrogens is 2. The monoisotopic (exact) mass is 373 g/mol. The van der Waals surface area contributed by atoms with Gasteiger partial charge in [-0.15, -0.1) is 0 Å². The Hall–Kier alpha value is -2.71. The summed E-state index contributed by atoms with van der Waals surface area (Å²) in [5, 5.41) is 3.90. The van der Waals surface area contributed by atoms with Gasteiger partial charge in [0.05, 0.1) is 24.1 Å². The molecule has 136 valence electrons. The summed E-state index contributed by atoms with van der Waals surface area (Å²) >= 11 is 0. The number of hydrogen-bond donors (Lipinski definition) is 1. The molecule has 1 N–H and O–H groups in total. The fourth-order valence-electron chi connectivity index (χ4n) is 2.50. The Labute approximate surface area is 152 Å². The van der Waals surface area contributed by atoms with Gasteiger partial charge < -0.3 is 9.26 Å². The van der Waals surface area contributed by atoms with E-state index in [1.54, 1.807) is 38.3 Å². The zero-order chi connectivity index (χ0) is 18.7. The highest BCUT2D eigenvalue weighted by Gasteiger charge is 2.19. The summed E-state index contributed by atoms with van der Waals surface area (Å²) in [4.78, 5) is 4.48. The molecule has 26 heavy (non-hydrogen) atoms. The second kappa shape index (κ2) is 7.27. The zero-order valence-corrected chi connectivity index (χ0v) is 15.5. The molecule has 0 saturated carbocycles. The fourth-order valence-corrected chi connectivity index (χ4v) is 3.80. The van der Waals surface area contributed by atoms with Crippen LogP contribution in [0.4, 0.5) is 0 Å². The van der Waals surface area contributed by atoms with Crippen LogP contribution in [-0.4, -0.2) is 25.7 Å². The van der Waals surface area contributed by atoms with Crippen LogP contribution >= 0.6 is 0 Å². The average Bonchev–Trinajstić information content (AvgIpc) is 3.11. The average molecular weight is 373 g/mol. The van der Waals surface area contributed by atoms with Gasteiger partial charge in [0.15, 0.2) is 0 Å². The molecule has 3 aromatic rings. The number of ether oxygens (including phenoxy) is 1. The molecule has 2 aromatic carbocycles. The summed E-state index contributed by atoms with van der Waals surface area (Å²) < 4.78 is 38.0. The standard InChI is InChI=1S/C18H19N3O4S/c1-12-8-9-13(2)16(10-12)26(22,23)19-11-17-20-18(21-25-17)14-6-4-5-7-15(14)24-3/h4-10,19H,11H2,1-3H3. The molecule has 0 atom stereocenters. The number of methoxy groups -OCH3 is 1. The molecule has 3 rings (SSSR count). The summed E-state index contributed by atoms with van der Waals surface area (Å²) in [6.45, 7) is 3.49. The van der Waals surface area contributed by atoms with Crippen molar-refractivity contribution in [3.63, 3.8) is 0 Å². The van der Waals surface area contributed by atoms with E-state index in [2.05, 4.69) is 14.9 Å². The maximum absolute atomic E-state index is 12.5. The van der Waals surface area contributed by atoms with Gasteiger partial charge in [-0.1, -0.05) is 29.4 Å². The Morgan fingerprint density at radius 2 is 1.92 bits per heavy atom. The van der Waals surface area contributed by atoms with Crippen LogP contribution in [0.3, 0.4) is 0 Å². The van der Waals surface area contributed by atoms with Gasteiger partial charge in [0.2, 0.25) is 21.7 Å². The highest BCUT2D eigenvalue weighted by molar-refractivity contribution is 7.89. The topological polar surface area (TPSA) is 94.3 Å². The van der Waals surface area contributed by atoms with Crippen LogP contribution in [0.1, 0.15) is 17.0 Å². The van der Waals surface area contributed by atoms with Crippen molar-refractivity contribution in [1.82, 2.24) is 14.9 Å². The van der Waals surface area contributed by atoms with E-state index in [-0.39, 0.29) is 17.3 Å². The molecule has 0 amide bonds. The number of rotatable bonds is 6. The van der Waals surface area contributed by atoms with Gasteiger partial charge in [-0.25, -0.2) is 13.1 Å². The van der Waals surface area contributed by atoms with Gasteiger partial charge in [0.25, 0.3) is 0 Å². The quantitative estimate of drug-likeness (QED) is 0.714. The Kier molecular flexibility index (Phi) is 5.06. The van der Waals surface area contributed by atoms with E-state index in [0.29, 0.717) is 22.7 Å². The van der Waals surface area contributed by atoms with E-state index in [1.165, 1.54) is 0 Å². The molecule has 7 nitrogen and oxygen atoms in total. The van der Waals surface area contributed by atoms with Gasteiger partial charge in [0.1, 0.15) is 5.75 Å². The first kappa shape index (κ1) is 18.1. The summed E-state index contributed by atoms with van der Waals surface area (Å²) in [6.07, 6.45) is 0. The van der Waals surface area contributed by atoms with E-state index in [1.807, 2.05) is 25.1 Å². The first-order chi connectivity index (χ1) is 12.4. The second-order valence-corrected chi connectivity index (χ2v) is 7.54. The summed E-state index contributed by atoms with van der Waals surface area (Å²) in [6, 6.07) is 12.5. The van der Waals surface area contributed by atoms with Crippen molar-refractivity contribution in [2.45, 2.75) is 25.3 Å². The van der Waals surface area contributed by atoms with Crippen molar-refractivity contribution in [3.05, 3.63) is 59.5 Å². The Morgan fingerprint density at radius 1 is 1.15 bits per heavy atom. The molecule has 0 fully saturated rings. The van der Waals surface area contributed by atoms with E-state index >= 15 is 0 Å². The van der Waals surface area contributed by atoms with Crippen molar-refractivity contribution in [2.24, 2.45) is 0 Å². The highest BCUT2D eigenvalue weighted by Crippen LogP contribution is 2.27. The van der Waals surface area contributed by atoms with E-state index < -0.39 is 10.0 Å². The van der Waals surface area contributed by atoms with Gasteiger partial charge in [-0.2, -0.15) is 4.98 Å². The lowest BCUT2D eigenvalue weighted by molar-refractivity contribution is 0.375. The predicted molar refractivity (Wildman–Crippen MR) is 96.2 cm³/mol. The zero-order valence-electron chi connectivity index (χ0n) is 14.7.